The van der Waals surface area contributed by atoms with Gasteiger partial charge in [-0.05, 0) is 30.3 Å². The van der Waals surface area contributed by atoms with Gasteiger partial charge in [0.05, 0.1) is 31.5 Å². The molecule has 2 aromatic carbocycles. The Bertz CT molecular complexity index is 1340. The fourth-order valence-electron chi connectivity index (χ4n) is 4.21. The Morgan fingerprint density at radius 1 is 0.917 bits per heavy atom. The number of fused-ring (bicyclic) bond motifs is 1. The largest absolute Gasteiger partial charge is 0.493 e. The van der Waals surface area contributed by atoms with Crippen LogP contribution in [0.4, 0.5) is 16.6 Å². The zero-order valence-electron chi connectivity index (χ0n) is 20.4. The number of methoxy groups -OCH3 is 3. The van der Waals surface area contributed by atoms with Crippen LogP contribution in [0.15, 0.2) is 54.7 Å². The third-order valence-electron chi connectivity index (χ3n) is 6.09. The van der Waals surface area contributed by atoms with Crippen LogP contribution in [0, 0.1) is 0 Å². The van der Waals surface area contributed by atoms with Crippen molar-refractivity contribution >= 4 is 44.1 Å². The predicted octanol–water partition coefficient (Wildman–Crippen LogP) is 4.30. The van der Waals surface area contributed by atoms with E-state index >= 15 is 0 Å². The van der Waals surface area contributed by atoms with Crippen molar-refractivity contribution in [1.82, 2.24) is 9.97 Å². The number of benzene rings is 2. The summed E-state index contributed by atoms with van der Waals surface area (Å²) in [4.78, 5) is 26.9. The summed E-state index contributed by atoms with van der Waals surface area (Å²) in [6.45, 7) is 3.50. The topological polar surface area (TPSA) is 89.1 Å². The molecular formula is C26H27N5O4S. The summed E-state index contributed by atoms with van der Waals surface area (Å²) in [6, 6.07) is 15.0. The Kier molecular flexibility index (Phi) is 6.77. The molecule has 0 bridgehead atoms. The van der Waals surface area contributed by atoms with E-state index in [1.54, 1.807) is 29.5 Å². The van der Waals surface area contributed by atoms with E-state index in [1.165, 1.54) is 21.3 Å². The van der Waals surface area contributed by atoms with Gasteiger partial charge in [0.1, 0.15) is 5.82 Å². The van der Waals surface area contributed by atoms with E-state index in [0.29, 0.717) is 28.5 Å². The molecule has 0 radical (unpaired) electrons. The van der Waals surface area contributed by atoms with E-state index in [1.807, 2.05) is 36.5 Å². The van der Waals surface area contributed by atoms with E-state index in [-0.39, 0.29) is 5.91 Å². The minimum atomic E-state index is -0.231. The monoisotopic (exact) mass is 505 g/mol. The Labute approximate surface area is 213 Å². The van der Waals surface area contributed by atoms with Crippen molar-refractivity contribution in [2.75, 3.05) is 62.6 Å². The molecular weight excluding hydrogens is 478 g/mol. The van der Waals surface area contributed by atoms with Crippen LogP contribution in [0.2, 0.25) is 0 Å². The summed E-state index contributed by atoms with van der Waals surface area (Å²) in [7, 11) is 4.62. The van der Waals surface area contributed by atoms with Gasteiger partial charge in [0.15, 0.2) is 16.6 Å². The quantitative estimate of drug-likeness (QED) is 0.398. The van der Waals surface area contributed by atoms with Gasteiger partial charge in [-0.2, -0.15) is 0 Å². The third-order valence-corrected chi connectivity index (χ3v) is 7.16. The Morgan fingerprint density at radius 2 is 1.64 bits per heavy atom. The molecule has 1 amide bonds. The Balaban J connectivity index is 1.30. The van der Waals surface area contributed by atoms with Gasteiger partial charge in [0, 0.05) is 55.8 Å². The minimum absolute atomic E-state index is 0.231. The average molecular weight is 506 g/mol. The standard InChI is InChI=1S/C26H27N5O4S/c1-33-20-15-18(16-21(34-2)24(20)35-3)28-25(32)17-7-8-19-22(14-17)36-26(29-19)31-12-10-30(11-13-31)23-6-4-5-9-27-23/h4-9,14-16H,10-13H2,1-3H3,(H,28,32). The van der Waals surface area contributed by atoms with E-state index in [0.717, 1.165) is 47.3 Å². The highest BCUT2D eigenvalue weighted by atomic mass is 32.1. The zero-order valence-corrected chi connectivity index (χ0v) is 21.2. The summed E-state index contributed by atoms with van der Waals surface area (Å²) >= 11 is 1.60. The molecule has 1 saturated heterocycles. The van der Waals surface area contributed by atoms with Crippen molar-refractivity contribution in [3.05, 3.63) is 60.3 Å². The molecule has 1 aliphatic rings. The molecule has 1 fully saturated rings. The molecule has 2 aromatic heterocycles. The third kappa shape index (κ3) is 4.72. The maximum absolute atomic E-state index is 13.0. The Hall–Kier alpha value is -4.05. The average Bonchev–Trinajstić information content (AvgIpc) is 3.36. The number of piperazine rings is 1. The van der Waals surface area contributed by atoms with E-state index in [9.17, 15) is 4.79 Å². The van der Waals surface area contributed by atoms with Crippen LogP contribution in [0.5, 0.6) is 17.2 Å². The first-order chi connectivity index (χ1) is 17.6. The number of anilines is 3. The first-order valence-corrected chi connectivity index (χ1v) is 12.3. The van der Waals surface area contributed by atoms with E-state index in [4.69, 9.17) is 19.2 Å². The van der Waals surface area contributed by atoms with Crippen molar-refractivity contribution in [3.8, 4) is 17.2 Å². The summed E-state index contributed by atoms with van der Waals surface area (Å²) in [5.74, 6) is 2.18. The van der Waals surface area contributed by atoms with Crippen LogP contribution in [-0.2, 0) is 0 Å². The maximum atomic E-state index is 13.0. The van der Waals surface area contributed by atoms with Gasteiger partial charge in [-0.15, -0.1) is 0 Å². The first-order valence-electron chi connectivity index (χ1n) is 11.5. The van der Waals surface area contributed by atoms with Crippen LogP contribution in [0.25, 0.3) is 10.2 Å². The number of thiazole rings is 1. The van der Waals surface area contributed by atoms with Gasteiger partial charge in [0.2, 0.25) is 5.75 Å². The second-order valence-electron chi connectivity index (χ2n) is 8.21. The molecule has 10 heteroatoms. The predicted molar refractivity (Wildman–Crippen MR) is 142 cm³/mol. The van der Waals surface area contributed by atoms with E-state index in [2.05, 4.69) is 20.1 Å². The molecule has 1 N–H and O–H groups in total. The van der Waals surface area contributed by atoms with Crippen molar-refractivity contribution in [1.29, 1.82) is 0 Å². The number of ether oxygens (including phenoxy) is 3. The van der Waals surface area contributed by atoms with Crippen molar-refractivity contribution < 1.29 is 19.0 Å². The number of amides is 1. The lowest BCUT2D eigenvalue weighted by molar-refractivity contribution is 0.102. The highest BCUT2D eigenvalue weighted by Crippen LogP contribution is 2.40. The number of carbonyl (C=O) groups excluding carboxylic acids is 1. The lowest BCUT2D eigenvalue weighted by Gasteiger charge is -2.35. The normalized spacial score (nSPS) is 13.5. The molecule has 0 spiro atoms. The molecule has 3 heterocycles. The molecule has 36 heavy (non-hydrogen) atoms. The number of hydrogen-bond acceptors (Lipinski definition) is 9. The van der Waals surface area contributed by atoms with Gasteiger partial charge in [-0.1, -0.05) is 17.4 Å². The molecule has 0 unspecified atom stereocenters. The molecule has 186 valence electrons. The maximum Gasteiger partial charge on any atom is 0.255 e. The van der Waals surface area contributed by atoms with Crippen molar-refractivity contribution in [2.24, 2.45) is 0 Å². The van der Waals surface area contributed by atoms with Crippen LogP contribution in [-0.4, -0.2) is 63.4 Å². The lowest BCUT2D eigenvalue weighted by atomic mass is 10.2. The number of hydrogen-bond donors (Lipinski definition) is 1. The zero-order chi connectivity index (χ0) is 25.1. The van der Waals surface area contributed by atoms with Gasteiger partial charge in [-0.3, -0.25) is 4.79 Å². The van der Waals surface area contributed by atoms with Crippen LogP contribution < -0.4 is 29.3 Å². The number of nitrogens with one attached hydrogen (secondary N) is 1. The number of aromatic nitrogens is 2. The van der Waals surface area contributed by atoms with Crippen LogP contribution in [0.1, 0.15) is 10.4 Å². The minimum Gasteiger partial charge on any atom is -0.493 e. The van der Waals surface area contributed by atoms with Gasteiger partial charge >= 0.3 is 0 Å². The molecule has 1 aliphatic heterocycles. The second kappa shape index (κ2) is 10.3. The number of nitrogens with zero attached hydrogens (tertiary/aromatic N) is 4. The molecule has 0 atom stereocenters. The molecule has 9 nitrogen and oxygen atoms in total. The summed E-state index contributed by atoms with van der Waals surface area (Å²) in [5, 5.41) is 3.89. The summed E-state index contributed by atoms with van der Waals surface area (Å²) in [6.07, 6.45) is 1.82. The Morgan fingerprint density at radius 3 is 2.28 bits per heavy atom. The summed E-state index contributed by atoms with van der Waals surface area (Å²) < 4.78 is 17.1. The van der Waals surface area contributed by atoms with Gasteiger partial charge in [-0.25, -0.2) is 9.97 Å². The fraction of sp³-hybridized carbons (Fsp3) is 0.269. The molecule has 5 rings (SSSR count). The highest BCUT2D eigenvalue weighted by Gasteiger charge is 2.21. The van der Waals surface area contributed by atoms with E-state index < -0.39 is 0 Å². The molecule has 4 aromatic rings. The fourth-order valence-corrected chi connectivity index (χ4v) is 5.27. The second-order valence-corrected chi connectivity index (χ2v) is 9.22. The van der Waals surface area contributed by atoms with Gasteiger partial charge in [0.25, 0.3) is 5.91 Å². The van der Waals surface area contributed by atoms with Crippen molar-refractivity contribution in [2.45, 2.75) is 0 Å². The van der Waals surface area contributed by atoms with Gasteiger partial charge < -0.3 is 29.3 Å². The number of pyridine rings is 1. The highest BCUT2D eigenvalue weighted by molar-refractivity contribution is 7.22. The molecule has 0 aliphatic carbocycles. The molecule has 0 saturated carbocycles. The number of carbonyl (C=O) groups is 1. The number of rotatable bonds is 7. The first kappa shape index (κ1) is 23.7. The van der Waals surface area contributed by atoms with Crippen LogP contribution in [0.3, 0.4) is 0 Å². The van der Waals surface area contributed by atoms with Crippen LogP contribution >= 0.6 is 11.3 Å². The lowest BCUT2D eigenvalue weighted by Crippen LogP contribution is -2.46. The van der Waals surface area contributed by atoms with Crippen molar-refractivity contribution in [3.63, 3.8) is 0 Å². The smallest absolute Gasteiger partial charge is 0.255 e. The summed E-state index contributed by atoms with van der Waals surface area (Å²) in [5.41, 5.74) is 1.98. The SMILES string of the molecule is COc1cc(NC(=O)c2ccc3nc(N4CCN(c5ccccn5)CC4)sc3c2)cc(OC)c1OC.